The van der Waals surface area contributed by atoms with E-state index in [2.05, 4.69) is 15.1 Å². The molecule has 0 aliphatic carbocycles. The third kappa shape index (κ3) is 3.76. The van der Waals surface area contributed by atoms with Crippen LogP contribution in [-0.4, -0.2) is 25.7 Å². The van der Waals surface area contributed by atoms with Gasteiger partial charge in [-0.3, -0.25) is 19.4 Å². The van der Waals surface area contributed by atoms with Crippen LogP contribution in [-0.2, 0) is 19.4 Å². The number of pyridine rings is 2. The SMILES string of the molecule is Cn1nc(-c2ccnc3ccoc23)c(C(F)(F)F)c1C(=O)Nc1ccnc(C(F)(F)F)c1. The predicted molar refractivity (Wildman–Crippen MR) is 98.4 cm³/mol. The highest BCUT2D eigenvalue weighted by atomic mass is 19.4. The number of fused-ring (bicyclic) bond motifs is 1. The molecule has 0 saturated carbocycles. The van der Waals surface area contributed by atoms with Gasteiger partial charge in [-0.2, -0.15) is 31.4 Å². The average Bonchev–Trinajstić information content (AvgIpc) is 3.31. The number of hydrogen-bond acceptors (Lipinski definition) is 5. The van der Waals surface area contributed by atoms with Crippen molar-refractivity contribution in [3.63, 3.8) is 0 Å². The van der Waals surface area contributed by atoms with Gasteiger partial charge < -0.3 is 9.73 Å². The molecule has 4 aromatic rings. The minimum absolute atomic E-state index is 0.0343. The maximum Gasteiger partial charge on any atom is 0.433 e. The van der Waals surface area contributed by atoms with Gasteiger partial charge in [0.15, 0.2) is 5.58 Å². The van der Waals surface area contributed by atoms with Gasteiger partial charge in [0.25, 0.3) is 5.91 Å². The fraction of sp³-hybridized carbons (Fsp3) is 0.158. The van der Waals surface area contributed by atoms with E-state index in [1.807, 2.05) is 5.32 Å². The molecule has 4 aromatic heterocycles. The van der Waals surface area contributed by atoms with Crippen molar-refractivity contribution in [3.05, 3.63) is 59.9 Å². The molecule has 1 N–H and O–H groups in total. The first-order valence-corrected chi connectivity index (χ1v) is 8.78. The number of alkyl halides is 6. The van der Waals surface area contributed by atoms with Crippen molar-refractivity contribution in [1.29, 1.82) is 0 Å². The molecule has 0 saturated heterocycles. The number of amides is 1. The minimum Gasteiger partial charge on any atom is -0.462 e. The molecule has 0 aliphatic heterocycles. The van der Waals surface area contributed by atoms with Crippen molar-refractivity contribution in [1.82, 2.24) is 19.7 Å². The Morgan fingerprint density at radius 3 is 2.44 bits per heavy atom. The number of rotatable bonds is 3. The quantitative estimate of drug-likeness (QED) is 0.444. The highest BCUT2D eigenvalue weighted by molar-refractivity contribution is 6.06. The van der Waals surface area contributed by atoms with Gasteiger partial charge in [-0.15, -0.1) is 0 Å². The van der Waals surface area contributed by atoms with E-state index in [4.69, 9.17) is 4.42 Å². The monoisotopic (exact) mass is 455 g/mol. The molecule has 0 bridgehead atoms. The molecule has 0 unspecified atom stereocenters. The first-order chi connectivity index (χ1) is 15.0. The molecule has 7 nitrogen and oxygen atoms in total. The number of carbonyl (C=O) groups excluding carboxylic acids is 1. The summed E-state index contributed by atoms with van der Waals surface area (Å²) in [5, 5.41) is 5.90. The normalized spacial score (nSPS) is 12.3. The summed E-state index contributed by atoms with van der Waals surface area (Å²) in [5.41, 5.74) is -4.28. The molecule has 13 heteroatoms. The lowest BCUT2D eigenvalue weighted by molar-refractivity contribution is -0.141. The topological polar surface area (TPSA) is 85.8 Å². The van der Waals surface area contributed by atoms with E-state index in [9.17, 15) is 31.1 Å². The van der Waals surface area contributed by atoms with Gasteiger partial charge >= 0.3 is 12.4 Å². The second kappa shape index (κ2) is 7.35. The van der Waals surface area contributed by atoms with Crippen molar-refractivity contribution in [2.45, 2.75) is 12.4 Å². The van der Waals surface area contributed by atoms with E-state index in [0.29, 0.717) is 10.7 Å². The number of anilines is 1. The van der Waals surface area contributed by atoms with Crippen LogP contribution in [0, 0.1) is 0 Å². The molecule has 0 fully saturated rings. The number of aryl methyl sites for hydroxylation is 1. The maximum atomic E-state index is 14.0. The minimum atomic E-state index is -5.02. The molecule has 0 radical (unpaired) electrons. The maximum absolute atomic E-state index is 14.0. The van der Waals surface area contributed by atoms with E-state index in [-0.39, 0.29) is 22.4 Å². The van der Waals surface area contributed by atoms with Crippen molar-refractivity contribution in [2.75, 3.05) is 5.32 Å². The number of nitrogens with zero attached hydrogens (tertiary/aromatic N) is 4. The van der Waals surface area contributed by atoms with Crippen LogP contribution in [0.5, 0.6) is 0 Å². The Kier molecular flexibility index (Phi) is 4.90. The van der Waals surface area contributed by atoms with Gasteiger partial charge in [0.1, 0.15) is 28.2 Å². The lowest BCUT2D eigenvalue weighted by Gasteiger charge is -2.12. The zero-order valence-corrected chi connectivity index (χ0v) is 15.9. The Bertz CT molecular complexity index is 1320. The summed E-state index contributed by atoms with van der Waals surface area (Å²) in [6.07, 6.45) is -6.53. The van der Waals surface area contributed by atoms with E-state index in [1.165, 1.54) is 24.6 Å². The smallest absolute Gasteiger partial charge is 0.433 e. The molecule has 4 heterocycles. The Morgan fingerprint density at radius 1 is 1.03 bits per heavy atom. The van der Waals surface area contributed by atoms with E-state index in [0.717, 1.165) is 19.3 Å². The van der Waals surface area contributed by atoms with E-state index in [1.54, 1.807) is 0 Å². The molecule has 4 rings (SSSR count). The number of furan rings is 1. The summed E-state index contributed by atoms with van der Waals surface area (Å²) in [4.78, 5) is 19.8. The molecule has 0 atom stereocenters. The van der Waals surface area contributed by atoms with Crippen LogP contribution < -0.4 is 5.32 Å². The van der Waals surface area contributed by atoms with Crippen LogP contribution in [0.25, 0.3) is 22.4 Å². The van der Waals surface area contributed by atoms with Gasteiger partial charge in [0.2, 0.25) is 0 Å². The molecule has 0 aliphatic rings. The number of aromatic nitrogens is 4. The Balaban J connectivity index is 1.82. The van der Waals surface area contributed by atoms with E-state index < -0.39 is 40.9 Å². The van der Waals surface area contributed by atoms with Crippen LogP contribution >= 0.6 is 0 Å². The van der Waals surface area contributed by atoms with Crippen LogP contribution in [0.3, 0.4) is 0 Å². The van der Waals surface area contributed by atoms with Crippen molar-refractivity contribution in [3.8, 4) is 11.3 Å². The average molecular weight is 455 g/mol. The van der Waals surface area contributed by atoms with Gasteiger partial charge in [0.05, 0.1) is 6.26 Å². The first-order valence-electron chi connectivity index (χ1n) is 8.78. The van der Waals surface area contributed by atoms with Crippen LogP contribution in [0.15, 0.2) is 47.3 Å². The second-order valence-electron chi connectivity index (χ2n) is 6.57. The summed E-state index contributed by atoms with van der Waals surface area (Å²) >= 11 is 0. The largest absolute Gasteiger partial charge is 0.462 e. The Hall–Kier alpha value is -3.90. The summed E-state index contributed by atoms with van der Waals surface area (Å²) in [6.45, 7) is 0. The standard InChI is InChI=1S/C19H11F6N5O2/c1-30-15(17(31)28-9-2-5-27-12(8-9)18(20,21)22)13(19(23,24)25)14(29-30)10-3-6-26-11-4-7-32-16(10)11/h2-8H,1H3,(H,27,28,31). The van der Waals surface area contributed by atoms with Gasteiger partial charge in [-0.05, 0) is 18.2 Å². The molecule has 0 aromatic carbocycles. The summed E-state index contributed by atoms with van der Waals surface area (Å²) in [6, 6.07) is 4.23. The lowest BCUT2D eigenvalue weighted by Crippen LogP contribution is -2.21. The number of halogens is 6. The number of carbonyl (C=O) groups is 1. The molecule has 32 heavy (non-hydrogen) atoms. The molecule has 1 amide bonds. The fourth-order valence-electron chi connectivity index (χ4n) is 3.16. The summed E-state index contributed by atoms with van der Waals surface area (Å²) < 4.78 is 86.5. The zero-order valence-electron chi connectivity index (χ0n) is 15.9. The number of hydrogen-bond donors (Lipinski definition) is 1. The molecular weight excluding hydrogens is 444 g/mol. The second-order valence-corrected chi connectivity index (χ2v) is 6.57. The summed E-state index contributed by atoms with van der Waals surface area (Å²) in [7, 11) is 1.11. The zero-order chi connectivity index (χ0) is 23.3. The molecular formula is C19H11F6N5O2. The Morgan fingerprint density at radius 2 is 1.75 bits per heavy atom. The fourth-order valence-corrected chi connectivity index (χ4v) is 3.16. The predicted octanol–water partition coefficient (Wildman–Crippen LogP) is 4.91. The van der Waals surface area contributed by atoms with Crippen molar-refractivity contribution in [2.24, 2.45) is 7.05 Å². The van der Waals surface area contributed by atoms with Gasteiger partial charge in [-0.1, -0.05) is 0 Å². The lowest BCUT2D eigenvalue weighted by atomic mass is 10.0. The van der Waals surface area contributed by atoms with Crippen molar-refractivity contribution >= 4 is 22.7 Å². The van der Waals surface area contributed by atoms with Crippen LogP contribution in [0.4, 0.5) is 32.0 Å². The van der Waals surface area contributed by atoms with Crippen LogP contribution in [0.2, 0.25) is 0 Å². The van der Waals surface area contributed by atoms with Gasteiger partial charge in [-0.25, -0.2) is 0 Å². The van der Waals surface area contributed by atoms with Crippen LogP contribution in [0.1, 0.15) is 21.7 Å². The molecule has 0 spiro atoms. The first kappa shape index (κ1) is 21.3. The highest BCUT2D eigenvalue weighted by Gasteiger charge is 2.43. The van der Waals surface area contributed by atoms with Gasteiger partial charge in [0, 0.05) is 36.8 Å². The Labute approximate surface area is 174 Å². The summed E-state index contributed by atoms with van der Waals surface area (Å²) in [5.74, 6) is -1.30. The van der Waals surface area contributed by atoms with Crippen molar-refractivity contribution < 1.29 is 35.6 Å². The third-order valence-electron chi connectivity index (χ3n) is 4.45. The highest BCUT2D eigenvalue weighted by Crippen LogP contribution is 2.41. The third-order valence-corrected chi connectivity index (χ3v) is 4.45. The number of nitrogens with one attached hydrogen (secondary N) is 1. The molecule has 166 valence electrons. The van der Waals surface area contributed by atoms with E-state index >= 15 is 0 Å².